The third-order valence-electron chi connectivity index (χ3n) is 3.35. The molecule has 2 heteroatoms. The Labute approximate surface area is 95.5 Å². The molecular weight excluding hydrogens is 204 g/mol. The first-order valence-electron chi connectivity index (χ1n) is 5.81. The lowest BCUT2D eigenvalue weighted by Crippen LogP contribution is -2.04. The van der Waals surface area contributed by atoms with Gasteiger partial charge in [0.2, 0.25) is 0 Å². The van der Waals surface area contributed by atoms with E-state index in [-0.39, 0.29) is 5.92 Å². The predicted octanol–water partition coefficient (Wildman–Crippen LogP) is 3.92. The molecule has 1 fully saturated rings. The molecule has 1 aliphatic carbocycles. The number of carbonyl (C=O) groups excluding carboxylic acids is 1. The van der Waals surface area contributed by atoms with E-state index in [1.165, 1.54) is 35.4 Å². The maximum absolute atomic E-state index is 11.1. The van der Waals surface area contributed by atoms with E-state index < -0.39 is 0 Å². The molecule has 1 aromatic rings. The zero-order chi connectivity index (χ0) is 10.7. The van der Waals surface area contributed by atoms with Crippen molar-refractivity contribution in [1.29, 1.82) is 0 Å². The van der Waals surface area contributed by atoms with E-state index in [1.54, 1.807) is 11.3 Å². The lowest BCUT2D eigenvalue weighted by molar-refractivity contribution is -0.109. The van der Waals surface area contributed by atoms with E-state index in [0.717, 1.165) is 18.6 Å². The van der Waals surface area contributed by atoms with E-state index in [4.69, 9.17) is 0 Å². The van der Waals surface area contributed by atoms with Crippen LogP contribution < -0.4 is 0 Å². The van der Waals surface area contributed by atoms with Crippen LogP contribution >= 0.6 is 11.3 Å². The van der Waals surface area contributed by atoms with Crippen molar-refractivity contribution in [3.63, 3.8) is 0 Å². The molecule has 1 atom stereocenters. The van der Waals surface area contributed by atoms with Crippen molar-refractivity contribution in [2.24, 2.45) is 5.92 Å². The molecule has 1 heterocycles. The molecule has 82 valence electrons. The molecule has 0 saturated heterocycles. The summed E-state index contributed by atoms with van der Waals surface area (Å²) in [5.74, 6) is 0.953. The molecule has 0 aromatic carbocycles. The lowest BCUT2D eigenvalue weighted by Gasteiger charge is -2.13. The molecule has 0 radical (unpaired) electrons. The highest BCUT2D eigenvalue weighted by atomic mass is 32.1. The molecule has 15 heavy (non-hydrogen) atoms. The van der Waals surface area contributed by atoms with Crippen LogP contribution in [0.4, 0.5) is 0 Å². The zero-order valence-corrected chi connectivity index (χ0v) is 10.1. The number of rotatable bonds is 4. The molecule has 1 saturated carbocycles. The molecule has 0 aliphatic heterocycles. The minimum absolute atomic E-state index is 0.159. The van der Waals surface area contributed by atoms with Crippen LogP contribution in [0.15, 0.2) is 12.1 Å². The fraction of sp³-hybridized carbons (Fsp3) is 0.615. The Balaban J connectivity index is 2.00. The average Bonchev–Trinajstić information content (AvgIpc) is 2.85. The van der Waals surface area contributed by atoms with Crippen molar-refractivity contribution < 1.29 is 4.79 Å². The average molecular weight is 222 g/mol. The van der Waals surface area contributed by atoms with Gasteiger partial charge in [0.1, 0.15) is 6.29 Å². The van der Waals surface area contributed by atoms with Gasteiger partial charge in [-0.1, -0.05) is 25.7 Å². The normalized spacial score (nSPS) is 19.3. The summed E-state index contributed by atoms with van der Waals surface area (Å²) in [6.07, 6.45) is 7.59. The molecule has 1 unspecified atom stereocenters. The van der Waals surface area contributed by atoms with Crippen molar-refractivity contribution in [3.05, 3.63) is 21.9 Å². The Kier molecular flexibility index (Phi) is 3.57. The Morgan fingerprint density at radius 2 is 2.20 bits per heavy atom. The lowest BCUT2D eigenvalue weighted by atomic mass is 9.93. The van der Waals surface area contributed by atoms with Crippen LogP contribution in [0.25, 0.3) is 0 Å². The van der Waals surface area contributed by atoms with Gasteiger partial charge in [0.25, 0.3) is 0 Å². The largest absolute Gasteiger partial charge is 0.303 e. The fourth-order valence-corrected chi connectivity index (χ4v) is 3.44. The first-order chi connectivity index (χ1) is 7.29. The maximum atomic E-state index is 11.1. The zero-order valence-electron chi connectivity index (χ0n) is 9.24. The summed E-state index contributed by atoms with van der Waals surface area (Å²) < 4.78 is 0. The second-order valence-electron chi connectivity index (χ2n) is 4.58. The van der Waals surface area contributed by atoms with Crippen LogP contribution in [-0.2, 0) is 4.79 Å². The van der Waals surface area contributed by atoms with Crippen LogP contribution in [0.5, 0.6) is 0 Å². The summed E-state index contributed by atoms with van der Waals surface area (Å²) in [5.41, 5.74) is 0. The maximum Gasteiger partial charge on any atom is 0.128 e. The summed E-state index contributed by atoms with van der Waals surface area (Å²) in [7, 11) is 0. The van der Waals surface area contributed by atoms with Crippen LogP contribution in [0.2, 0.25) is 0 Å². The molecule has 0 N–H and O–H groups in total. The number of aryl methyl sites for hydroxylation is 1. The second kappa shape index (κ2) is 4.93. The summed E-state index contributed by atoms with van der Waals surface area (Å²) in [6.45, 7) is 2.10. The Hall–Kier alpha value is -0.630. The minimum Gasteiger partial charge on any atom is -0.303 e. The minimum atomic E-state index is 0.159. The second-order valence-corrected chi connectivity index (χ2v) is 5.90. The number of aldehydes is 1. The van der Waals surface area contributed by atoms with Crippen molar-refractivity contribution in [2.75, 3.05) is 0 Å². The Morgan fingerprint density at radius 1 is 1.47 bits per heavy atom. The molecule has 0 amide bonds. The SMILES string of the molecule is Cc1ccc(C(C=O)CC2CCCC2)s1. The van der Waals surface area contributed by atoms with Gasteiger partial charge in [-0.25, -0.2) is 0 Å². The Morgan fingerprint density at radius 3 is 2.73 bits per heavy atom. The summed E-state index contributed by atoms with van der Waals surface area (Å²) in [6, 6.07) is 4.24. The van der Waals surface area contributed by atoms with E-state index in [1.807, 2.05) is 0 Å². The van der Waals surface area contributed by atoms with Gasteiger partial charge in [-0.2, -0.15) is 0 Å². The highest BCUT2D eigenvalue weighted by Crippen LogP contribution is 2.35. The van der Waals surface area contributed by atoms with Crippen molar-refractivity contribution >= 4 is 17.6 Å². The quantitative estimate of drug-likeness (QED) is 0.706. The van der Waals surface area contributed by atoms with Crippen LogP contribution in [0, 0.1) is 12.8 Å². The van der Waals surface area contributed by atoms with Gasteiger partial charge in [-0.3, -0.25) is 0 Å². The topological polar surface area (TPSA) is 17.1 Å². The first kappa shape index (κ1) is 10.9. The van der Waals surface area contributed by atoms with Crippen LogP contribution in [0.3, 0.4) is 0 Å². The molecule has 1 aliphatic rings. The van der Waals surface area contributed by atoms with Crippen molar-refractivity contribution in [1.82, 2.24) is 0 Å². The summed E-state index contributed by atoms with van der Waals surface area (Å²) in [4.78, 5) is 13.7. The molecule has 1 aromatic heterocycles. The van der Waals surface area contributed by atoms with E-state index in [0.29, 0.717) is 0 Å². The number of thiophene rings is 1. The summed E-state index contributed by atoms with van der Waals surface area (Å²) >= 11 is 1.77. The van der Waals surface area contributed by atoms with Gasteiger partial charge in [0.05, 0.1) is 0 Å². The smallest absolute Gasteiger partial charge is 0.128 e. The molecule has 1 nitrogen and oxygen atoms in total. The van der Waals surface area contributed by atoms with E-state index in [9.17, 15) is 4.79 Å². The third kappa shape index (κ3) is 2.69. The molecular formula is C13H18OS. The van der Waals surface area contributed by atoms with Crippen molar-refractivity contribution in [2.45, 2.75) is 44.9 Å². The number of carbonyl (C=O) groups is 1. The number of hydrogen-bond acceptors (Lipinski definition) is 2. The van der Waals surface area contributed by atoms with Gasteiger partial charge < -0.3 is 4.79 Å². The molecule has 2 rings (SSSR count). The van der Waals surface area contributed by atoms with Gasteiger partial charge in [-0.05, 0) is 31.4 Å². The molecule has 0 spiro atoms. The first-order valence-corrected chi connectivity index (χ1v) is 6.63. The highest BCUT2D eigenvalue weighted by molar-refractivity contribution is 7.12. The van der Waals surface area contributed by atoms with Crippen molar-refractivity contribution in [3.8, 4) is 0 Å². The van der Waals surface area contributed by atoms with Gasteiger partial charge in [0.15, 0.2) is 0 Å². The standard InChI is InChI=1S/C13H18OS/c1-10-6-7-13(15-10)12(9-14)8-11-4-2-3-5-11/h6-7,9,11-12H,2-5,8H2,1H3. The number of hydrogen-bond donors (Lipinski definition) is 0. The fourth-order valence-electron chi connectivity index (χ4n) is 2.50. The van der Waals surface area contributed by atoms with E-state index >= 15 is 0 Å². The van der Waals surface area contributed by atoms with Crippen LogP contribution in [0.1, 0.15) is 47.8 Å². The Bertz CT molecular complexity index is 323. The van der Waals surface area contributed by atoms with Gasteiger partial charge in [-0.15, -0.1) is 11.3 Å². The summed E-state index contributed by atoms with van der Waals surface area (Å²) in [5, 5.41) is 0. The third-order valence-corrected chi connectivity index (χ3v) is 4.49. The molecule has 0 bridgehead atoms. The van der Waals surface area contributed by atoms with Gasteiger partial charge >= 0.3 is 0 Å². The highest BCUT2D eigenvalue weighted by Gasteiger charge is 2.21. The van der Waals surface area contributed by atoms with Crippen LogP contribution in [-0.4, -0.2) is 6.29 Å². The van der Waals surface area contributed by atoms with E-state index in [2.05, 4.69) is 19.1 Å². The predicted molar refractivity (Wildman–Crippen MR) is 64.4 cm³/mol. The van der Waals surface area contributed by atoms with Gasteiger partial charge in [0, 0.05) is 15.7 Å². The monoisotopic (exact) mass is 222 g/mol.